The Labute approximate surface area is 108 Å². The Hall–Kier alpha value is -1.16. The lowest BCUT2D eigenvalue weighted by Gasteiger charge is -2.14. The Morgan fingerprint density at radius 1 is 1.11 bits per heavy atom. The van der Waals surface area contributed by atoms with Gasteiger partial charge in [0.2, 0.25) is 0 Å². The molecule has 98 valence electrons. The molecule has 2 N–H and O–H groups in total. The zero-order chi connectivity index (χ0) is 12.5. The summed E-state index contributed by atoms with van der Waals surface area (Å²) in [5.41, 5.74) is 8.45. The van der Waals surface area contributed by atoms with Gasteiger partial charge in [-0.25, -0.2) is 9.97 Å². The minimum atomic E-state index is 0.0517. The summed E-state index contributed by atoms with van der Waals surface area (Å²) in [7, 11) is 0. The Balaban J connectivity index is 1.92. The first-order chi connectivity index (χ1) is 8.74. The minimum absolute atomic E-state index is 0.0517. The van der Waals surface area contributed by atoms with Gasteiger partial charge in [-0.2, -0.15) is 0 Å². The van der Waals surface area contributed by atoms with E-state index in [1.165, 1.54) is 24.8 Å². The molecular weight excluding hydrogens is 226 g/mol. The number of nitrogens with zero attached hydrogens (tertiary/aromatic N) is 2. The van der Waals surface area contributed by atoms with Gasteiger partial charge in [0, 0.05) is 11.3 Å². The number of hydrogen-bond donors (Lipinski definition) is 1. The van der Waals surface area contributed by atoms with Gasteiger partial charge in [0.25, 0.3) is 0 Å². The van der Waals surface area contributed by atoms with Crippen molar-refractivity contribution in [1.82, 2.24) is 9.97 Å². The van der Waals surface area contributed by atoms with Gasteiger partial charge < -0.3 is 10.5 Å². The van der Waals surface area contributed by atoms with Crippen LogP contribution in [0.15, 0.2) is 0 Å². The fourth-order valence-corrected chi connectivity index (χ4v) is 2.96. The second-order valence-corrected chi connectivity index (χ2v) is 5.47. The molecule has 3 rings (SSSR count). The molecule has 0 aromatic carbocycles. The molecule has 2 atom stereocenters. The number of fused-ring (bicyclic) bond motifs is 1. The zero-order valence-corrected chi connectivity index (χ0v) is 11.0. The Kier molecular flexibility index (Phi) is 3.20. The molecule has 1 aromatic heterocycles. The standard InChI is InChI=1S/C14H21N3O/c1-9-7-8-12(18-9)14-16-11-6-4-2-3-5-10(11)13(15)17-14/h9,12H,2-8H2,1H3,(H2,15,16,17). The number of nitrogen functional groups attached to an aromatic ring is 1. The van der Waals surface area contributed by atoms with E-state index in [-0.39, 0.29) is 6.10 Å². The molecule has 1 saturated heterocycles. The third-order valence-electron chi connectivity index (χ3n) is 4.00. The zero-order valence-electron chi connectivity index (χ0n) is 11.0. The van der Waals surface area contributed by atoms with Crippen LogP contribution in [0.4, 0.5) is 5.82 Å². The van der Waals surface area contributed by atoms with E-state index in [0.717, 1.165) is 37.2 Å². The minimum Gasteiger partial charge on any atom is -0.383 e. The summed E-state index contributed by atoms with van der Waals surface area (Å²) < 4.78 is 5.84. The van der Waals surface area contributed by atoms with Crippen LogP contribution in [-0.2, 0) is 17.6 Å². The van der Waals surface area contributed by atoms with E-state index < -0.39 is 0 Å². The van der Waals surface area contributed by atoms with Crippen LogP contribution in [0.1, 0.15) is 62.2 Å². The average Bonchev–Trinajstić information content (AvgIpc) is 2.63. The third-order valence-corrected chi connectivity index (χ3v) is 4.00. The fourth-order valence-electron chi connectivity index (χ4n) is 2.96. The van der Waals surface area contributed by atoms with Crippen molar-refractivity contribution < 1.29 is 4.74 Å². The highest BCUT2D eigenvalue weighted by atomic mass is 16.5. The number of aryl methyl sites for hydroxylation is 1. The van der Waals surface area contributed by atoms with Crippen LogP contribution < -0.4 is 5.73 Å². The van der Waals surface area contributed by atoms with Crippen LogP contribution in [0.3, 0.4) is 0 Å². The Bertz CT molecular complexity index is 447. The van der Waals surface area contributed by atoms with Gasteiger partial charge in [0.15, 0.2) is 5.82 Å². The molecule has 2 aliphatic rings. The second kappa shape index (κ2) is 4.84. The van der Waals surface area contributed by atoms with Gasteiger partial charge in [-0.15, -0.1) is 0 Å². The summed E-state index contributed by atoms with van der Waals surface area (Å²) in [4.78, 5) is 9.22. The van der Waals surface area contributed by atoms with Gasteiger partial charge in [-0.05, 0) is 45.4 Å². The molecule has 0 spiro atoms. The van der Waals surface area contributed by atoms with Crippen LogP contribution in [0.25, 0.3) is 0 Å². The molecular formula is C14H21N3O. The average molecular weight is 247 g/mol. The molecule has 18 heavy (non-hydrogen) atoms. The normalized spacial score (nSPS) is 27.8. The summed E-state index contributed by atoms with van der Waals surface area (Å²) in [5.74, 6) is 1.48. The quantitative estimate of drug-likeness (QED) is 0.775. The van der Waals surface area contributed by atoms with Gasteiger partial charge in [0.1, 0.15) is 11.9 Å². The highest BCUT2D eigenvalue weighted by molar-refractivity contribution is 5.43. The van der Waals surface area contributed by atoms with Crippen molar-refractivity contribution in [2.45, 2.75) is 64.1 Å². The third kappa shape index (κ3) is 2.21. The predicted octanol–water partition coefficient (Wildman–Crippen LogP) is 2.57. The molecule has 2 unspecified atom stereocenters. The van der Waals surface area contributed by atoms with E-state index in [0.29, 0.717) is 11.9 Å². The van der Waals surface area contributed by atoms with Gasteiger partial charge in [0.05, 0.1) is 6.10 Å². The van der Waals surface area contributed by atoms with E-state index in [9.17, 15) is 0 Å². The molecule has 2 heterocycles. The Morgan fingerprint density at radius 3 is 2.72 bits per heavy atom. The van der Waals surface area contributed by atoms with Crippen LogP contribution in [-0.4, -0.2) is 16.1 Å². The smallest absolute Gasteiger partial charge is 0.159 e. The number of rotatable bonds is 1. The van der Waals surface area contributed by atoms with E-state index in [1.54, 1.807) is 0 Å². The lowest BCUT2D eigenvalue weighted by Crippen LogP contribution is -2.12. The molecule has 0 radical (unpaired) electrons. The molecule has 1 aromatic rings. The highest BCUT2D eigenvalue weighted by Gasteiger charge is 2.27. The molecule has 4 nitrogen and oxygen atoms in total. The Morgan fingerprint density at radius 2 is 1.94 bits per heavy atom. The molecule has 0 bridgehead atoms. The summed E-state index contributed by atoms with van der Waals surface area (Å²) >= 11 is 0. The summed E-state index contributed by atoms with van der Waals surface area (Å²) in [6.45, 7) is 2.10. The van der Waals surface area contributed by atoms with Gasteiger partial charge in [-0.1, -0.05) is 6.42 Å². The molecule has 0 amide bonds. The molecule has 4 heteroatoms. The maximum atomic E-state index is 6.11. The van der Waals surface area contributed by atoms with Crippen molar-refractivity contribution in [3.05, 3.63) is 17.1 Å². The highest BCUT2D eigenvalue weighted by Crippen LogP contribution is 2.32. The van der Waals surface area contributed by atoms with Crippen molar-refractivity contribution in [3.63, 3.8) is 0 Å². The van der Waals surface area contributed by atoms with Crippen LogP contribution in [0, 0.1) is 0 Å². The number of aromatic nitrogens is 2. The second-order valence-electron chi connectivity index (χ2n) is 5.47. The van der Waals surface area contributed by atoms with Crippen molar-refractivity contribution in [2.75, 3.05) is 5.73 Å². The fraction of sp³-hybridized carbons (Fsp3) is 0.714. The summed E-state index contributed by atoms with van der Waals surface area (Å²) in [6, 6.07) is 0. The van der Waals surface area contributed by atoms with Crippen LogP contribution in [0.5, 0.6) is 0 Å². The van der Waals surface area contributed by atoms with Gasteiger partial charge in [-0.3, -0.25) is 0 Å². The van der Waals surface area contributed by atoms with Crippen molar-refractivity contribution in [3.8, 4) is 0 Å². The SMILES string of the molecule is CC1CCC(c2nc(N)c3c(n2)CCCCC3)O1. The number of anilines is 1. The molecule has 1 fully saturated rings. The monoisotopic (exact) mass is 247 g/mol. The topological polar surface area (TPSA) is 61.0 Å². The molecule has 1 aliphatic heterocycles. The van der Waals surface area contributed by atoms with Crippen LogP contribution >= 0.6 is 0 Å². The number of ether oxygens (including phenoxy) is 1. The van der Waals surface area contributed by atoms with Crippen molar-refractivity contribution >= 4 is 5.82 Å². The molecule has 0 saturated carbocycles. The first-order valence-corrected chi connectivity index (χ1v) is 7.04. The van der Waals surface area contributed by atoms with Crippen molar-refractivity contribution in [1.29, 1.82) is 0 Å². The molecule has 1 aliphatic carbocycles. The van der Waals surface area contributed by atoms with Crippen LogP contribution in [0.2, 0.25) is 0 Å². The summed E-state index contributed by atoms with van der Waals surface area (Å²) in [6.07, 6.45) is 8.23. The number of nitrogens with two attached hydrogens (primary N) is 1. The van der Waals surface area contributed by atoms with E-state index in [2.05, 4.69) is 11.9 Å². The first-order valence-electron chi connectivity index (χ1n) is 7.04. The lowest BCUT2D eigenvalue weighted by atomic mass is 10.1. The summed E-state index contributed by atoms with van der Waals surface area (Å²) in [5, 5.41) is 0. The largest absolute Gasteiger partial charge is 0.383 e. The lowest BCUT2D eigenvalue weighted by molar-refractivity contribution is 0.0502. The van der Waals surface area contributed by atoms with E-state index >= 15 is 0 Å². The predicted molar refractivity (Wildman–Crippen MR) is 70.2 cm³/mol. The van der Waals surface area contributed by atoms with E-state index in [4.69, 9.17) is 15.5 Å². The first kappa shape index (κ1) is 11.9. The van der Waals surface area contributed by atoms with Crippen molar-refractivity contribution in [2.24, 2.45) is 0 Å². The van der Waals surface area contributed by atoms with Gasteiger partial charge >= 0.3 is 0 Å². The maximum absolute atomic E-state index is 6.11. The maximum Gasteiger partial charge on any atom is 0.159 e. The number of hydrogen-bond acceptors (Lipinski definition) is 4. The van der Waals surface area contributed by atoms with E-state index in [1.807, 2.05) is 0 Å².